The average Bonchev–Trinajstić information content (AvgIpc) is 2.87. The van der Waals surface area contributed by atoms with Crippen LogP contribution in [0.2, 0.25) is 0 Å². The third-order valence-electron chi connectivity index (χ3n) is 5.15. The van der Waals surface area contributed by atoms with Gasteiger partial charge in [0.05, 0.1) is 18.2 Å². The Morgan fingerprint density at radius 3 is 2.55 bits per heavy atom. The van der Waals surface area contributed by atoms with Gasteiger partial charge in [-0.25, -0.2) is 0 Å². The van der Waals surface area contributed by atoms with E-state index in [9.17, 15) is 4.79 Å². The summed E-state index contributed by atoms with van der Waals surface area (Å²) in [6, 6.07) is 2.70. The van der Waals surface area contributed by atoms with Crippen molar-refractivity contribution in [2.24, 2.45) is 0 Å². The first-order valence-electron chi connectivity index (χ1n) is 8.69. The fourth-order valence-corrected chi connectivity index (χ4v) is 3.64. The van der Waals surface area contributed by atoms with Crippen molar-refractivity contribution in [2.75, 3.05) is 6.54 Å². The summed E-state index contributed by atoms with van der Waals surface area (Å²) in [5.41, 5.74) is 0.892. The summed E-state index contributed by atoms with van der Waals surface area (Å²) in [6.45, 7) is 7.40. The van der Waals surface area contributed by atoms with E-state index in [1.807, 2.05) is 6.07 Å². The Morgan fingerprint density at radius 1 is 1.27 bits per heavy atom. The second-order valence-electron chi connectivity index (χ2n) is 7.91. The van der Waals surface area contributed by atoms with E-state index in [-0.39, 0.29) is 11.5 Å². The van der Waals surface area contributed by atoms with Crippen LogP contribution < -0.4 is 0 Å². The van der Waals surface area contributed by atoms with E-state index in [2.05, 4.69) is 30.8 Å². The Balaban J connectivity index is 1.58. The highest BCUT2D eigenvalue weighted by molar-refractivity contribution is 5.86. The largest absolute Gasteiger partial charge is 0.361 e. The number of nitrogens with zero attached hydrogens (tertiary/aromatic N) is 2. The van der Waals surface area contributed by atoms with Crippen LogP contribution in [0.25, 0.3) is 0 Å². The van der Waals surface area contributed by atoms with Crippen LogP contribution in [0.3, 0.4) is 0 Å². The SMILES string of the molecule is CC(C)(C)c1cc(CC(=O)[C@@H]2CCN2C2CCCCC2)on1. The van der Waals surface area contributed by atoms with Gasteiger partial charge in [-0.2, -0.15) is 0 Å². The van der Waals surface area contributed by atoms with E-state index in [0.29, 0.717) is 24.0 Å². The van der Waals surface area contributed by atoms with Crippen LogP contribution in [-0.4, -0.2) is 34.5 Å². The molecule has 2 fully saturated rings. The molecule has 1 aromatic heterocycles. The van der Waals surface area contributed by atoms with E-state index >= 15 is 0 Å². The van der Waals surface area contributed by atoms with Crippen molar-refractivity contribution in [3.05, 3.63) is 17.5 Å². The number of rotatable bonds is 4. The van der Waals surface area contributed by atoms with Gasteiger partial charge in [0.25, 0.3) is 0 Å². The molecule has 4 heteroatoms. The maximum absolute atomic E-state index is 12.6. The lowest BCUT2D eigenvalue weighted by atomic mass is 9.87. The number of hydrogen-bond acceptors (Lipinski definition) is 4. The molecule has 2 aliphatic rings. The zero-order chi connectivity index (χ0) is 15.7. The first-order valence-corrected chi connectivity index (χ1v) is 8.69. The zero-order valence-electron chi connectivity index (χ0n) is 14.1. The highest BCUT2D eigenvalue weighted by Crippen LogP contribution is 2.31. The molecule has 0 amide bonds. The molecule has 3 rings (SSSR count). The zero-order valence-corrected chi connectivity index (χ0v) is 14.1. The quantitative estimate of drug-likeness (QED) is 0.854. The molecule has 0 bridgehead atoms. The van der Waals surface area contributed by atoms with Crippen LogP contribution in [0.1, 0.15) is 70.8 Å². The predicted octanol–water partition coefficient (Wildman–Crippen LogP) is 3.49. The minimum absolute atomic E-state index is 0.0323. The van der Waals surface area contributed by atoms with Crippen LogP contribution in [0, 0.1) is 0 Å². The van der Waals surface area contributed by atoms with E-state index in [4.69, 9.17) is 4.52 Å². The van der Waals surface area contributed by atoms with Gasteiger partial charge >= 0.3 is 0 Å². The van der Waals surface area contributed by atoms with Crippen LogP contribution in [0.15, 0.2) is 10.6 Å². The fraction of sp³-hybridized carbons (Fsp3) is 0.778. The van der Waals surface area contributed by atoms with Gasteiger partial charge in [0.15, 0.2) is 5.78 Å². The van der Waals surface area contributed by atoms with Crippen LogP contribution >= 0.6 is 0 Å². The minimum Gasteiger partial charge on any atom is -0.361 e. The lowest BCUT2D eigenvalue weighted by Crippen LogP contribution is -2.57. The molecule has 1 aliphatic carbocycles. The number of hydrogen-bond donors (Lipinski definition) is 0. The van der Waals surface area contributed by atoms with E-state index in [1.54, 1.807) is 0 Å². The molecule has 1 aliphatic heterocycles. The number of Topliss-reactive ketones (excluding diaryl/α,β-unsaturated/α-hetero) is 1. The van der Waals surface area contributed by atoms with Gasteiger partial charge < -0.3 is 4.52 Å². The smallest absolute Gasteiger partial charge is 0.157 e. The summed E-state index contributed by atoms with van der Waals surface area (Å²) >= 11 is 0. The fourth-order valence-electron chi connectivity index (χ4n) is 3.64. The summed E-state index contributed by atoms with van der Waals surface area (Å²) in [5, 5.41) is 4.11. The molecule has 2 heterocycles. The van der Waals surface area contributed by atoms with Crippen molar-refractivity contribution in [3.8, 4) is 0 Å². The topological polar surface area (TPSA) is 46.3 Å². The van der Waals surface area contributed by atoms with Crippen molar-refractivity contribution in [1.82, 2.24) is 10.1 Å². The highest BCUT2D eigenvalue weighted by atomic mass is 16.5. The summed E-state index contributed by atoms with van der Waals surface area (Å²) in [7, 11) is 0. The molecule has 0 N–H and O–H groups in total. The Hall–Kier alpha value is -1.16. The summed E-state index contributed by atoms with van der Waals surface area (Å²) < 4.78 is 5.37. The van der Waals surface area contributed by atoms with Crippen molar-refractivity contribution >= 4 is 5.78 Å². The molecule has 0 spiro atoms. The van der Waals surface area contributed by atoms with Crippen LogP contribution in [0.4, 0.5) is 0 Å². The first-order chi connectivity index (χ1) is 10.4. The van der Waals surface area contributed by atoms with Crippen molar-refractivity contribution in [3.63, 3.8) is 0 Å². The van der Waals surface area contributed by atoms with Gasteiger partial charge in [-0.15, -0.1) is 0 Å². The lowest BCUT2D eigenvalue weighted by molar-refractivity contribution is -0.130. The third kappa shape index (κ3) is 3.27. The second-order valence-corrected chi connectivity index (χ2v) is 7.91. The molecular weight excluding hydrogens is 276 g/mol. The Kier molecular flexibility index (Phi) is 4.40. The number of aromatic nitrogens is 1. The number of ketones is 1. The first kappa shape index (κ1) is 15.7. The van der Waals surface area contributed by atoms with E-state index < -0.39 is 0 Å². The molecular formula is C18H28N2O2. The Labute approximate surface area is 133 Å². The predicted molar refractivity (Wildman–Crippen MR) is 85.9 cm³/mol. The molecule has 22 heavy (non-hydrogen) atoms. The Morgan fingerprint density at radius 2 is 2.00 bits per heavy atom. The van der Waals surface area contributed by atoms with Gasteiger partial charge in [0.1, 0.15) is 5.76 Å². The maximum atomic E-state index is 12.6. The molecule has 0 radical (unpaired) electrons. The lowest BCUT2D eigenvalue weighted by Gasteiger charge is -2.46. The van der Waals surface area contributed by atoms with Gasteiger partial charge in [-0.05, 0) is 19.3 Å². The molecule has 0 unspecified atom stereocenters. The molecule has 1 atom stereocenters. The second kappa shape index (κ2) is 6.15. The van der Waals surface area contributed by atoms with Gasteiger partial charge in [-0.3, -0.25) is 9.69 Å². The number of carbonyl (C=O) groups excluding carboxylic acids is 1. The van der Waals surface area contributed by atoms with Crippen molar-refractivity contribution in [1.29, 1.82) is 0 Å². The monoisotopic (exact) mass is 304 g/mol. The van der Waals surface area contributed by atoms with Crippen molar-refractivity contribution in [2.45, 2.75) is 83.2 Å². The Bertz CT molecular complexity index is 523. The summed E-state index contributed by atoms with van der Waals surface area (Å²) in [5.74, 6) is 1.01. The minimum atomic E-state index is -0.0323. The summed E-state index contributed by atoms with van der Waals surface area (Å²) in [4.78, 5) is 15.0. The van der Waals surface area contributed by atoms with E-state index in [1.165, 1.54) is 32.1 Å². The standard InChI is InChI=1S/C18H28N2O2/c1-18(2,3)17-12-14(22-19-17)11-16(21)15-9-10-20(15)13-7-5-4-6-8-13/h12-13,15H,4-11H2,1-3H3/t15-/m0/s1. The number of likely N-dealkylation sites (tertiary alicyclic amines) is 1. The van der Waals surface area contributed by atoms with Crippen LogP contribution in [0.5, 0.6) is 0 Å². The van der Waals surface area contributed by atoms with Gasteiger partial charge in [-0.1, -0.05) is 45.2 Å². The normalized spacial score (nSPS) is 24.2. The third-order valence-corrected chi connectivity index (χ3v) is 5.15. The highest BCUT2D eigenvalue weighted by Gasteiger charge is 2.38. The molecule has 1 saturated heterocycles. The van der Waals surface area contributed by atoms with Crippen LogP contribution in [-0.2, 0) is 16.6 Å². The molecule has 122 valence electrons. The van der Waals surface area contributed by atoms with Gasteiger partial charge in [0, 0.05) is 24.1 Å². The molecule has 4 nitrogen and oxygen atoms in total. The van der Waals surface area contributed by atoms with Gasteiger partial charge in [0.2, 0.25) is 0 Å². The average molecular weight is 304 g/mol. The number of carbonyl (C=O) groups is 1. The van der Waals surface area contributed by atoms with Crippen molar-refractivity contribution < 1.29 is 9.32 Å². The molecule has 0 aromatic carbocycles. The molecule has 1 aromatic rings. The van der Waals surface area contributed by atoms with E-state index in [0.717, 1.165) is 18.7 Å². The summed E-state index contributed by atoms with van der Waals surface area (Å²) in [6.07, 6.45) is 7.92. The maximum Gasteiger partial charge on any atom is 0.157 e. The molecule has 1 saturated carbocycles.